The number of hydrogen-bond donors (Lipinski definition) is 0. The van der Waals surface area contributed by atoms with Crippen LogP contribution in [-0.4, -0.2) is 74.7 Å². The van der Waals surface area contributed by atoms with E-state index < -0.39 is 0 Å². The van der Waals surface area contributed by atoms with Gasteiger partial charge in [-0.25, -0.2) is 4.79 Å². The Hall–Kier alpha value is -3.22. The third kappa shape index (κ3) is 4.66. The summed E-state index contributed by atoms with van der Waals surface area (Å²) < 4.78 is 5.31. The number of hydrogen-bond acceptors (Lipinski definition) is 4. The van der Waals surface area contributed by atoms with Gasteiger partial charge in [-0.3, -0.25) is 9.69 Å². The lowest BCUT2D eigenvalue weighted by Gasteiger charge is -2.36. The fourth-order valence-electron chi connectivity index (χ4n) is 4.29. The first-order chi connectivity index (χ1) is 15.5. The molecule has 7 heteroatoms. The van der Waals surface area contributed by atoms with Gasteiger partial charge in [-0.2, -0.15) is 0 Å². The average molecular weight is 437 g/mol. The van der Waals surface area contributed by atoms with Crippen LogP contribution < -0.4 is 14.5 Å². The zero-order chi connectivity index (χ0) is 22.7. The van der Waals surface area contributed by atoms with E-state index in [0.29, 0.717) is 32.1 Å². The van der Waals surface area contributed by atoms with Gasteiger partial charge in [0.2, 0.25) is 5.91 Å². The minimum absolute atomic E-state index is 0.0145. The summed E-state index contributed by atoms with van der Waals surface area (Å²) in [5.41, 5.74) is 3.24. The number of ether oxygens (including phenoxy) is 1. The molecule has 0 atom stereocenters. The molecule has 0 radical (unpaired) electrons. The van der Waals surface area contributed by atoms with E-state index in [1.165, 1.54) is 5.56 Å². The molecule has 0 unspecified atom stereocenters. The first-order valence-corrected chi connectivity index (χ1v) is 11.3. The molecule has 2 aromatic carbocycles. The lowest BCUT2D eigenvalue weighted by Crippen LogP contribution is -2.51. The topological polar surface area (TPSA) is 56.3 Å². The Bertz CT molecular complexity index is 952. The highest BCUT2D eigenvalue weighted by Crippen LogP contribution is 2.24. The van der Waals surface area contributed by atoms with Crippen LogP contribution in [0.4, 0.5) is 16.2 Å². The molecule has 2 aliphatic heterocycles. The van der Waals surface area contributed by atoms with Gasteiger partial charge in [0.05, 0.1) is 7.11 Å². The van der Waals surface area contributed by atoms with Gasteiger partial charge in [0.1, 0.15) is 12.3 Å². The lowest BCUT2D eigenvalue weighted by molar-refractivity contribution is -0.131. The highest BCUT2D eigenvalue weighted by atomic mass is 16.5. The van der Waals surface area contributed by atoms with Crippen molar-refractivity contribution in [3.8, 4) is 5.75 Å². The maximum absolute atomic E-state index is 12.9. The number of anilines is 2. The first-order valence-electron chi connectivity index (χ1n) is 11.3. The van der Waals surface area contributed by atoms with E-state index in [1.54, 1.807) is 16.9 Å². The minimum atomic E-state index is -0.0920. The SMILES string of the molecule is COc1cccc(N2CCN(C(=O)CN3CCN(c4ccc(C(C)C)cc4)C3=O)CC2)c1. The van der Waals surface area contributed by atoms with Crippen LogP contribution in [0.5, 0.6) is 5.75 Å². The molecule has 0 aromatic heterocycles. The van der Waals surface area contributed by atoms with E-state index in [2.05, 4.69) is 36.9 Å². The van der Waals surface area contributed by atoms with Crippen molar-refractivity contribution in [2.45, 2.75) is 19.8 Å². The Morgan fingerprint density at radius 2 is 1.66 bits per heavy atom. The normalized spacial score (nSPS) is 16.8. The van der Waals surface area contributed by atoms with Crippen molar-refractivity contribution in [1.29, 1.82) is 0 Å². The van der Waals surface area contributed by atoms with E-state index in [1.807, 2.05) is 35.2 Å². The minimum Gasteiger partial charge on any atom is -0.497 e. The van der Waals surface area contributed by atoms with E-state index >= 15 is 0 Å². The number of amides is 3. The summed E-state index contributed by atoms with van der Waals surface area (Å²) in [5.74, 6) is 1.30. The maximum atomic E-state index is 12.9. The van der Waals surface area contributed by atoms with Gasteiger partial charge in [-0.05, 0) is 35.7 Å². The molecule has 4 rings (SSSR count). The van der Waals surface area contributed by atoms with E-state index in [4.69, 9.17) is 4.74 Å². The molecule has 0 spiro atoms. The monoisotopic (exact) mass is 436 g/mol. The zero-order valence-corrected chi connectivity index (χ0v) is 19.2. The van der Waals surface area contributed by atoms with Gasteiger partial charge in [0.25, 0.3) is 0 Å². The molecule has 2 saturated heterocycles. The molecule has 2 aliphatic rings. The molecule has 170 valence electrons. The van der Waals surface area contributed by atoms with Crippen molar-refractivity contribution < 1.29 is 14.3 Å². The van der Waals surface area contributed by atoms with Crippen LogP contribution in [-0.2, 0) is 4.79 Å². The van der Waals surface area contributed by atoms with Crippen LogP contribution in [0.2, 0.25) is 0 Å². The number of nitrogens with zero attached hydrogens (tertiary/aromatic N) is 4. The Morgan fingerprint density at radius 1 is 0.938 bits per heavy atom. The van der Waals surface area contributed by atoms with Crippen molar-refractivity contribution in [2.24, 2.45) is 0 Å². The van der Waals surface area contributed by atoms with Crippen LogP contribution >= 0.6 is 0 Å². The molecule has 2 fully saturated rings. The predicted molar refractivity (Wildman–Crippen MR) is 127 cm³/mol. The highest BCUT2D eigenvalue weighted by molar-refractivity contribution is 5.96. The van der Waals surface area contributed by atoms with Crippen molar-refractivity contribution in [2.75, 3.05) is 62.7 Å². The van der Waals surface area contributed by atoms with Gasteiger partial charge in [-0.15, -0.1) is 0 Å². The first kappa shape index (κ1) is 22.0. The second kappa shape index (κ2) is 9.51. The Balaban J connectivity index is 1.30. The fourth-order valence-corrected chi connectivity index (χ4v) is 4.29. The number of carbonyl (C=O) groups is 2. The van der Waals surface area contributed by atoms with Gasteiger partial charge in [0.15, 0.2) is 0 Å². The van der Waals surface area contributed by atoms with E-state index in [9.17, 15) is 9.59 Å². The lowest BCUT2D eigenvalue weighted by atomic mass is 10.0. The second-order valence-corrected chi connectivity index (χ2v) is 8.67. The molecule has 0 aliphatic carbocycles. The molecular formula is C25H32N4O3. The molecule has 7 nitrogen and oxygen atoms in total. The zero-order valence-electron chi connectivity index (χ0n) is 19.2. The largest absolute Gasteiger partial charge is 0.497 e. The quantitative estimate of drug-likeness (QED) is 0.696. The number of carbonyl (C=O) groups excluding carboxylic acids is 2. The van der Waals surface area contributed by atoms with E-state index in [0.717, 1.165) is 30.2 Å². The number of benzene rings is 2. The molecule has 0 bridgehead atoms. The van der Waals surface area contributed by atoms with Crippen LogP contribution in [0, 0.1) is 0 Å². The molecule has 0 saturated carbocycles. The van der Waals surface area contributed by atoms with Crippen LogP contribution in [0.15, 0.2) is 48.5 Å². The van der Waals surface area contributed by atoms with Gasteiger partial charge >= 0.3 is 6.03 Å². The van der Waals surface area contributed by atoms with E-state index in [-0.39, 0.29) is 18.5 Å². The van der Waals surface area contributed by atoms with Crippen molar-refractivity contribution in [3.05, 3.63) is 54.1 Å². The smallest absolute Gasteiger partial charge is 0.325 e. The number of piperazine rings is 1. The Morgan fingerprint density at radius 3 is 2.31 bits per heavy atom. The van der Waals surface area contributed by atoms with Crippen molar-refractivity contribution in [1.82, 2.24) is 9.80 Å². The number of urea groups is 1. The summed E-state index contributed by atoms with van der Waals surface area (Å²) in [7, 11) is 1.66. The summed E-state index contributed by atoms with van der Waals surface area (Å²) in [4.78, 5) is 33.3. The van der Waals surface area contributed by atoms with Gasteiger partial charge in [0, 0.05) is 56.7 Å². The summed E-state index contributed by atoms with van der Waals surface area (Å²) >= 11 is 0. The molecule has 32 heavy (non-hydrogen) atoms. The third-order valence-corrected chi connectivity index (χ3v) is 6.34. The molecule has 2 aromatic rings. The molecular weight excluding hydrogens is 404 g/mol. The number of rotatable bonds is 6. The van der Waals surface area contributed by atoms with Gasteiger partial charge < -0.3 is 19.4 Å². The highest BCUT2D eigenvalue weighted by Gasteiger charge is 2.32. The van der Waals surface area contributed by atoms with Gasteiger partial charge in [-0.1, -0.05) is 32.0 Å². The van der Waals surface area contributed by atoms with Crippen molar-refractivity contribution >= 4 is 23.3 Å². The summed E-state index contributed by atoms with van der Waals surface area (Å²) in [6.45, 7) is 8.45. The van der Waals surface area contributed by atoms with Crippen LogP contribution in [0.25, 0.3) is 0 Å². The average Bonchev–Trinajstić information content (AvgIpc) is 3.19. The molecule has 0 N–H and O–H groups in total. The predicted octanol–water partition coefficient (Wildman–Crippen LogP) is 3.41. The number of methoxy groups -OCH3 is 1. The van der Waals surface area contributed by atoms with Crippen LogP contribution in [0.1, 0.15) is 25.3 Å². The summed E-state index contributed by atoms with van der Waals surface area (Å²) in [5, 5.41) is 0. The Kier molecular flexibility index (Phi) is 6.53. The third-order valence-electron chi connectivity index (χ3n) is 6.34. The van der Waals surface area contributed by atoms with Crippen molar-refractivity contribution in [3.63, 3.8) is 0 Å². The second-order valence-electron chi connectivity index (χ2n) is 8.67. The molecule has 2 heterocycles. The summed E-state index contributed by atoms with van der Waals surface area (Å²) in [6, 6.07) is 16.0. The maximum Gasteiger partial charge on any atom is 0.325 e. The van der Waals surface area contributed by atoms with Crippen LogP contribution in [0.3, 0.4) is 0 Å². The fraction of sp³-hybridized carbons (Fsp3) is 0.440. The Labute approximate surface area is 190 Å². The summed E-state index contributed by atoms with van der Waals surface area (Å²) in [6.07, 6.45) is 0. The standard InChI is InChI=1S/C25H32N4O3/c1-19(2)20-7-9-21(10-8-20)29-16-15-28(25(29)31)18-24(30)27-13-11-26(12-14-27)22-5-4-6-23(17-22)32-3/h4-10,17,19H,11-16,18H2,1-3H3. The molecule has 3 amide bonds.